The number of hydrogen-bond acceptors (Lipinski definition) is 4. The maximum Gasteiger partial charge on any atom is 0.245 e. The number of benzene rings is 1. The van der Waals surface area contributed by atoms with Crippen LogP contribution in [0.4, 0.5) is 0 Å². The minimum Gasteiger partial charge on any atom is -0.494 e. The van der Waals surface area contributed by atoms with Gasteiger partial charge in [-0.3, -0.25) is 14.6 Å². The molecule has 0 saturated carbocycles. The lowest BCUT2D eigenvalue weighted by Gasteiger charge is -2.28. The Hall–Kier alpha value is -2.63. The van der Waals surface area contributed by atoms with Gasteiger partial charge in [-0.05, 0) is 31.0 Å². The Morgan fingerprint density at radius 1 is 1.40 bits per heavy atom. The number of ether oxygens (including phenoxy) is 1. The van der Waals surface area contributed by atoms with Crippen LogP contribution >= 0.6 is 0 Å². The monoisotopic (exact) mass is 341 g/mol. The third kappa shape index (κ3) is 3.29. The number of fused-ring (bicyclic) bond motifs is 1. The van der Waals surface area contributed by atoms with E-state index in [0.29, 0.717) is 25.3 Å². The Kier molecular flexibility index (Phi) is 4.88. The van der Waals surface area contributed by atoms with Crippen molar-refractivity contribution in [3.8, 4) is 5.75 Å². The molecular formula is C19H23N3O3. The minimum atomic E-state index is -0.428. The largest absolute Gasteiger partial charge is 0.494 e. The molecule has 1 aliphatic heterocycles. The fourth-order valence-corrected chi connectivity index (χ4v) is 3.37. The molecule has 0 bridgehead atoms. The molecule has 1 aliphatic rings. The van der Waals surface area contributed by atoms with Gasteiger partial charge in [-0.1, -0.05) is 12.1 Å². The summed E-state index contributed by atoms with van der Waals surface area (Å²) in [6.45, 7) is 2.92. The number of pyridine rings is 1. The van der Waals surface area contributed by atoms with Crippen LogP contribution in [0.3, 0.4) is 0 Å². The molecule has 25 heavy (non-hydrogen) atoms. The van der Waals surface area contributed by atoms with Gasteiger partial charge in [-0.15, -0.1) is 0 Å². The maximum atomic E-state index is 12.7. The zero-order chi connectivity index (χ0) is 18.0. The van der Waals surface area contributed by atoms with Crippen LogP contribution in [0.5, 0.6) is 5.75 Å². The van der Waals surface area contributed by atoms with E-state index in [1.807, 2.05) is 24.3 Å². The summed E-state index contributed by atoms with van der Waals surface area (Å²) >= 11 is 0. The van der Waals surface area contributed by atoms with Crippen molar-refractivity contribution in [3.05, 3.63) is 36.0 Å². The van der Waals surface area contributed by atoms with E-state index in [1.54, 1.807) is 37.1 Å². The highest BCUT2D eigenvalue weighted by Gasteiger charge is 2.31. The van der Waals surface area contributed by atoms with E-state index in [1.165, 1.54) is 0 Å². The first-order chi connectivity index (χ1) is 12.0. The van der Waals surface area contributed by atoms with Crippen molar-refractivity contribution in [1.29, 1.82) is 0 Å². The van der Waals surface area contributed by atoms with Gasteiger partial charge < -0.3 is 14.5 Å². The number of carbonyl (C=O) groups excluding carboxylic acids is 2. The fraction of sp³-hybridized carbons (Fsp3) is 0.421. The molecule has 1 aromatic heterocycles. The molecule has 2 heterocycles. The van der Waals surface area contributed by atoms with Crippen molar-refractivity contribution in [2.24, 2.45) is 0 Å². The van der Waals surface area contributed by atoms with Crippen molar-refractivity contribution in [2.45, 2.75) is 32.4 Å². The Morgan fingerprint density at radius 2 is 2.20 bits per heavy atom. The van der Waals surface area contributed by atoms with Crippen molar-refractivity contribution < 1.29 is 14.3 Å². The third-order valence-corrected chi connectivity index (χ3v) is 4.76. The molecule has 0 spiro atoms. The van der Waals surface area contributed by atoms with Gasteiger partial charge >= 0.3 is 0 Å². The van der Waals surface area contributed by atoms with Crippen LogP contribution in [0.1, 0.15) is 25.3 Å². The number of methoxy groups -OCH3 is 1. The molecule has 1 unspecified atom stereocenters. The molecule has 2 aromatic rings. The Balaban J connectivity index is 1.81. The number of likely N-dealkylation sites (N-methyl/N-ethyl adjacent to an activating group) is 1. The van der Waals surface area contributed by atoms with Crippen LogP contribution in [0, 0.1) is 0 Å². The van der Waals surface area contributed by atoms with Crippen LogP contribution in [0.2, 0.25) is 0 Å². The highest BCUT2D eigenvalue weighted by atomic mass is 16.5. The Labute approximate surface area is 147 Å². The quantitative estimate of drug-likeness (QED) is 0.836. The molecule has 1 fully saturated rings. The van der Waals surface area contributed by atoms with Crippen LogP contribution < -0.4 is 4.74 Å². The van der Waals surface area contributed by atoms with E-state index in [4.69, 9.17) is 4.74 Å². The number of rotatable bonds is 5. The first kappa shape index (κ1) is 17.2. The van der Waals surface area contributed by atoms with E-state index in [2.05, 4.69) is 4.98 Å². The fourth-order valence-electron chi connectivity index (χ4n) is 3.37. The summed E-state index contributed by atoms with van der Waals surface area (Å²) in [6, 6.07) is 7.25. The molecule has 6 nitrogen and oxygen atoms in total. The van der Waals surface area contributed by atoms with Crippen molar-refractivity contribution >= 4 is 22.7 Å². The predicted molar refractivity (Wildman–Crippen MR) is 95.2 cm³/mol. The maximum absolute atomic E-state index is 12.7. The number of likely N-dealkylation sites (tertiary alicyclic amines) is 1. The molecule has 0 N–H and O–H groups in total. The average Bonchev–Trinajstić information content (AvgIpc) is 3.06. The predicted octanol–water partition coefficient (Wildman–Crippen LogP) is 2.21. The van der Waals surface area contributed by atoms with Gasteiger partial charge in [0.1, 0.15) is 17.3 Å². The van der Waals surface area contributed by atoms with Gasteiger partial charge in [0, 0.05) is 38.1 Å². The van der Waals surface area contributed by atoms with Crippen molar-refractivity contribution in [1.82, 2.24) is 14.8 Å². The van der Waals surface area contributed by atoms with Gasteiger partial charge in [-0.2, -0.15) is 0 Å². The topological polar surface area (TPSA) is 62.7 Å². The van der Waals surface area contributed by atoms with Gasteiger partial charge in [0.15, 0.2) is 0 Å². The second-order valence-corrected chi connectivity index (χ2v) is 6.39. The first-order valence-corrected chi connectivity index (χ1v) is 8.48. The van der Waals surface area contributed by atoms with Crippen molar-refractivity contribution in [2.75, 3.05) is 20.7 Å². The highest BCUT2D eigenvalue weighted by molar-refractivity contribution is 5.90. The summed E-state index contributed by atoms with van der Waals surface area (Å²) in [5.74, 6) is 0.723. The summed E-state index contributed by atoms with van der Waals surface area (Å²) in [6.07, 6.45) is 3.09. The number of nitrogens with zero attached hydrogens (tertiary/aromatic N) is 3. The third-order valence-electron chi connectivity index (χ3n) is 4.76. The van der Waals surface area contributed by atoms with Crippen LogP contribution in [0.25, 0.3) is 10.9 Å². The zero-order valence-corrected chi connectivity index (χ0v) is 14.9. The van der Waals surface area contributed by atoms with E-state index >= 15 is 0 Å². The second-order valence-electron chi connectivity index (χ2n) is 6.39. The average molecular weight is 341 g/mol. The Bertz CT molecular complexity index is 806. The van der Waals surface area contributed by atoms with Crippen LogP contribution in [-0.2, 0) is 16.1 Å². The molecule has 2 amide bonds. The zero-order valence-electron chi connectivity index (χ0n) is 14.9. The number of aromatic nitrogens is 1. The molecular weight excluding hydrogens is 318 g/mol. The molecule has 132 valence electrons. The standard InChI is InChI=1S/C19H23N3O3/c1-13(22-11-5-7-17(22)23)19(24)21(2)12-14-8-9-16(25-3)18-15(14)6-4-10-20-18/h4,6,8-10,13H,5,7,11-12H2,1-3H3. The SMILES string of the molecule is COc1ccc(CN(C)C(=O)C(C)N2CCCC2=O)c2cccnc12. The molecule has 0 radical (unpaired) electrons. The molecule has 6 heteroatoms. The van der Waals surface area contributed by atoms with E-state index in [0.717, 1.165) is 22.9 Å². The lowest BCUT2D eigenvalue weighted by atomic mass is 10.1. The van der Waals surface area contributed by atoms with E-state index in [9.17, 15) is 9.59 Å². The lowest BCUT2D eigenvalue weighted by molar-refractivity contribution is -0.142. The first-order valence-electron chi connectivity index (χ1n) is 8.48. The molecule has 1 aromatic carbocycles. The molecule has 1 saturated heterocycles. The molecule has 3 rings (SSSR count). The lowest BCUT2D eigenvalue weighted by Crippen LogP contribution is -2.46. The van der Waals surface area contributed by atoms with Gasteiger partial charge in [0.2, 0.25) is 11.8 Å². The minimum absolute atomic E-state index is 0.0527. The summed E-state index contributed by atoms with van der Waals surface area (Å²) in [5, 5.41) is 0.964. The second kappa shape index (κ2) is 7.09. The molecule has 0 aliphatic carbocycles. The van der Waals surface area contributed by atoms with Gasteiger partial charge in [-0.25, -0.2) is 0 Å². The number of amides is 2. The summed E-state index contributed by atoms with van der Waals surface area (Å²) in [7, 11) is 3.39. The van der Waals surface area contributed by atoms with E-state index < -0.39 is 6.04 Å². The van der Waals surface area contributed by atoms with Crippen LogP contribution in [-0.4, -0.2) is 53.3 Å². The highest BCUT2D eigenvalue weighted by Crippen LogP contribution is 2.27. The van der Waals surface area contributed by atoms with Crippen LogP contribution in [0.15, 0.2) is 30.5 Å². The smallest absolute Gasteiger partial charge is 0.245 e. The summed E-state index contributed by atoms with van der Waals surface area (Å²) < 4.78 is 5.37. The van der Waals surface area contributed by atoms with Gasteiger partial charge in [0.25, 0.3) is 0 Å². The number of hydrogen-bond donors (Lipinski definition) is 0. The number of carbonyl (C=O) groups is 2. The van der Waals surface area contributed by atoms with Crippen molar-refractivity contribution in [3.63, 3.8) is 0 Å². The molecule has 1 atom stereocenters. The Morgan fingerprint density at radius 3 is 2.88 bits per heavy atom. The summed E-state index contributed by atoms with van der Waals surface area (Å²) in [4.78, 5) is 32.3. The van der Waals surface area contributed by atoms with Gasteiger partial charge in [0.05, 0.1) is 7.11 Å². The normalized spacial score (nSPS) is 15.5. The van der Waals surface area contributed by atoms with E-state index in [-0.39, 0.29) is 11.8 Å². The summed E-state index contributed by atoms with van der Waals surface area (Å²) in [5.41, 5.74) is 1.78.